The first kappa shape index (κ1) is 4.99. The molecule has 5 heavy (non-hydrogen) atoms. The summed E-state index contributed by atoms with van der Waals surface area (Å²) in [5, 5.41) is 0. The fourth-order valence-electron chi connectivity index (χ4n) is 0.0772. The summed E-state index contributed by atoms with van der Waals surface area (Å²) < 4.78 is 10.8. The Balaban J connectivity index is 2.19. The normalized spacial score (nSPS) is 7.60. The first-order valence-electron chi connectivity index (χ1n) is 1.63. The van der Waals surface area contributed by atoms with Crippen LogP contribution in [0.5, 0.6) is 0 Å². The van der Waals surface area contributed by atoms with Crippen molar-refractivity contribution in [1.82, 2.24) is 0 Å². The highest BCUT2D eigenvalue weighted by molar-refractivity contribution is 6.25. The van der Waals surface area contributed by atoms with Crippen LogP contribution in [0.1, 0.15) is 6.42 Å². The summed E-state index contributed by atoms with van der Waals surface area (Å²) in [5.74, 6) is 0. The molecule has 0 bridgehead atoms. The summed E-state index contributed by atoms with van der Waals surface area (Å²) >= 11 is 0. The van der Waals surface area contributed by atoms with E-state index in [2.05, 4.69) is 6.92 Å². The third kappa shape index (κ3) is 3.99. The summed E-state index contributed by atoms with van der Waals surface area (Å²) in [6, 6.07) is 0. The largest absolute Gasteiger partial charge is 0.354 e. The topological polar surface area (TPSA) is 0 Å². The van der Waals surface area contributed by atoms with Crippen molar-refractivity contribution in [1.29, 1.82) is 0 Å². The molecule has 0 amide bonds. The van der Waals surface area contributed by atoms with Crippen LogP contribution in [0.3, 0.4) is 0 Å². The van der Waals surface area contributed by atoms with E-state index in [9.17, 15) is 4.32 Å². The molecule has 0 rings (SSSR count). The lowest BCUT2D eigenvalue weighted by atomic mass is 9.98. The first-order valence-corrected chi connectivity index (χ1v) is 1.63. The van der Waals surface area contributed by atoms with Crippen molar-refractivity contribution in [2.45, 2.75) is 12.7 Å². The molecule has 0 N–H and O–H groups in total. The fraction of sp³-hybridized carbons (Fsp3) is 0.667. The first-order chi connectivity index (χ1) is 2.41. The quantitative estimate of drug-likeness (QED) is 0.430. The smallest absolute Gasteiger partial charge is 0.343 e. The van der Waals surface area contributed by atoms with Gasteiger partial charge in [0.1, 0.15) is 0 Å². The van der Waals surface area contributed by atoms with Gasteiger partial charge >= 0.3 is 7.56 Å². The Bertz CT molecular complexity index is 14.4. The van der Waals surface area contributed by atoms with Crippen molar-refractivity contribution in [2.75, 3.05) is 0 Å². The summed E-state index contributed by atoms with van der Waals surface area (Å²) in [7, 11) is 0.618. The Hall–Kier alpha value is -0.00506. The second kappa shape index (κ2) is 3.99. The van der Waals surface area contributed by atoms with Crippen LogP contribution >= 0.6 is 0 Å². The van der Waals surface area contributed by atoms with Gasteiger partial charge in [-0.15, -0.1) is 0 Å². The molecular formula is C3H6BF. The summed E-state index contributed by atoms with van der Waals surface area (Å²) in [4.78, 5) is 0. The van der Waals surface area contributed by atoms with E-state index in [4.69, 9.17) is 0 Å². The Morgan fingerprint density at radius 3 is 2.40 bits per heavy atom. The minimum absolute atomic E-state index is 0.486. The Kier molecular flexibility index (Phi) is 3.99. The molecule has 0 saturated heterocycles. The van der Waals surface area contributed by atoms with Gasteiger partial charge in [-0.2, -0.15) is 0 Å². The molecule has 0 aliphatic carbocycles. The van der Waals surface area contributed by atoms with E-state index in [1.165, 1.54) is 0 Å². The van der Waals surface area contributed by atoms with Crippen LogP contribution in [0, 0.1) is 6.92 Å². The maximum Gasteiger partial charge on any atom is 0.354 e. The molecule has 0 saturated carbocycles. The zero-order valence-electron chi connectivity index (χ0n) is 3.08. The van der Waals surface area contributed by atoms with Crippen molar-refractivity contribution >= 4 is 7.56 Å². The van der Waals surface area contributed by atoms with E-state index in [-0.39, 0.29) is 0 Å². The van der Waals surface area contributed by atoms with Crippen molar-refractivity contribution < 1.29 is 4.32 Å². The maximum atomic E-state index is 10.8. The Morgan fingerprint density at radius 2 is 2.40 bits per heavy atom. The second-order valence-electron chi connectivity index (χ2n) is 0.797. The molecule has 2 heteroatoms. The van der Waals surface area contributed by atoms with Gasteiger partial charge in [0.15, 0.2) is 0 Å². The van der Waals surface area contributed by atoms with Crippen molar-refractivity contribution in [2.24, 2.45) is 0 Å². The highest BCUT2D eigenvalue weighted by Crippen LogP contribution is 1.81. The van der Waals surface area contributed by atoms with E-state index in [0.717, 1.165) is 0 Å². The SMILES string of the molecule is [CH2]CC[B]F. The molecule has 0 atom stereocenters. The number of hydrogen-bond acceptors (Lipinski definition) is 0. The highest BCUT2D eigenvalue weighted by atomic mass is 19.1. The lowest BCUT2D eigenvalue weighted by Gasteiger charge is -1.72. The van der Waals surface area contributed by atoms with Crippen LogP contribution in [0.15, 0.2) is 0 Å². The lowest BCUT2D eigenvalue weighted by Crippen LogP contribution is -1.71. The molecule has 0 heterocycles. The van der Waals surface area contributed by atoms with Crippen LogP contribution < -0.4 is 0 Å². The molecule has 0 aliphatic heterocycles. The number of halogens is 1. The molecule has 0 spiro atoms. The van der Waals surface area contributed by atoms with Crippen molar-refractivity contribution in [3.8, 4) is 0 Å². The highest BCUT2D eigenvalue weighted by Gasteiger charge is 1.78. The van der Waals surface area contributed by atoms with Crippen LogP contribution in [0.4, 0.5) is 4.32 Å². The zero-order chi connectivity index (χ0) is 4.12. The van der Waals surface area contributed by atoms with Gasteiger partial charge in [-0.1, -0.05) is 13.3 Å². The molecule has 0 aliphatic rings. The van der Waals surface area contributed by atoms with E-state index in [1.54, 1.807) is 0 Å². The Labute approximate surface area is 32.7 Å². The molecule has 2 radical (unpaired) electrons. The molecule has 0 aromatic heterocycles. The van der Waals surface area contributed by atoms with Gasteiger partial charge in [-0.3, -0.25) is 0 Å². The van der Waals surface area contributed by atoms with Crippen molar-refractivity contribution in [3.05, 3.63) is 6.92 Å². The summed E-state index contributed by atoms with van der Waals surface area (Å²) in [6.45, 7) is 3.40. The van der Waals surface area contributed by atoms with E-state index in [1.807, 2.05) is 0 Å². The van der Waals surface area contributed by atoms with Gasteiger partial charge in [-0.05, 0) is 6.32 Å². The van der Waals surface area contributed by atoms with Gasteiger partial charge in [0.05, 0.1) is 0 Å². The van der Waals surface area contributed by atoms with Crippen LogP contribution in [0.2, 0.25) is 6.32 Å². The molecule has 0 nitrogen and oxygen atoms in total. The third-order valence-corrected chi connectivity index (χ3v) is 0.313. The zero-order valence-corrected chi connectivity index (χ0v) is 3.08. The molecule has 0 unspecified atom stereocenters. The molecule has 0 aromatic rings. The number of rotatable bonds is 2. The summed E-state index contributed by atoms with van der Waals surface area (Å²) in [6.07, 6.45) is 1.15. The molecule has 28 valence electrons. The van der Waals surface area contributed by atoms with Crippen molar-refractivity contribution in [3.63, 3.8) is 0 Å². The second-order valence-corrected chi connectivity index (χ2v) is 0.797. The standard InChI is InChI=1S/C3H6BF/c1-2-3-4-5/h1-3H2. The lowest BCUT2D eigenvalue weighted by molar-refractivity contribution is 0.854. The predicted octanol–water partition coefficient (Wildman–Crippen LogP) is 1.22. The monoisotopic (exact) mass is 72.1 g/mol. The minimum atomic E-state index is 0.486. The minimum Gasteiger partial charge on any atom is -0.343 e. The van der Waals surface area contributed by atoms with Gasteiger partial charge < -0.3 is 4.32 Å². The van der Waals surface area contributed by atoms with Gasteiger partial charge in [0.25, 0.3) is 0 Å². The predicted molar refractivity (Wildman–Crippen MR) is 21.6 cm³/mol. The van der Waals surface area contributed by atoms with Gasteiger partial charge in [0.2, 0.25) is 0 Å². The molecular weight excluding hydrogens is 65.8 g/mol. The molecule has 0 fully saturated rings. The van der Waals surface area contributed by atoms with Crippen LogP contribution in [0.25, 0.3) is 0 Å². The third-order valence-electron chi connectivity index (χ3n) is 0.313. The maximum absolute atomic E-state index is 10.8. The van der Waals surface area contributed by atoms with Crippen LogP contribution in [-0.2, 0) is 0 Å². The van der Waals surface area contributed by atoms with E-state index < -0.39 is 0 Å². The van der Waals surface area contributed by atoms with Gasteiger partial charge in [-0.25, -0.2) is 0 Å². The van der Waals surface area contributed by atoms with E-state index in [0.29, 0.717) is 20.3 Å². The summed E-state index contributed by atoms with van der Waals surface area (Å²) in [5.41, 5.74) is 0. The Morgan fingerprint density at radius 1 is 1.80 bits per heavy atom. The van der Waals surface area contributed by atoms with Gasteiger partial charge in [0, 0.05) is 0 Å². The van der Waals surface area contributed by atoms with Crippen LogP contribution in [-0.4, -0.2) is 7.56 Å². The fourth-order valence-corrected chi connectivity index (χ4v) is 0.0772. The average Bonchev–Trinajstić information content (AvgIpc) is 1.41. The van der Waals surface area contributed by atoms with E-state index >= 15 is 0 Å². The number of hydrogen-bond donors (Lipinski definition) is 0. The molecule has 0 aromatic carbocycles. The average molecular weight is 71.9 g/mol.